The van der Waals surface area contributed by atoms with Gasteiger partial charge in [-0.15, -0.1) is 0 Å². The highest BCUT2D eigenvalue weighted by Crippen LogP contribution is 2.04. The standard InChI is InChI=1S/C14H31NO3/c1-5-6-12(2)9-16-7-8-18-14(4)11-17-10-13(3)15/h12-14H,5-11,15H2,1-4H3. The molecule has 0 bridgehead atoms. The SMILES string of the molecule is CCCC(C)COCCOC(C)COCC(C)N. The van der Waals surface area contributed by atoms with Crippen LogP contribution in [0.4, 0.5) is 0 Å². The Balaban J connectivity index is 3.27. The third-order valence-electron chi connectivity index (χ3n) is 2.55. The minimum atomic E-state index is 0.0839. The smallest absolute Gasteiger partial charge is 0.0781 e. The molecule has 0 saturated heterocycles. The van der Waals surface area contributed by atoms with Gasteiger partial charge in [0.15, 0.2) is 0 Å². The van der Waals surface area contributed by atoms with Gasteiger partial charge >= 0.3 is 0 Å². The van der Waals surface area contributed by atoms with Crippen LogP contribution in [0.1, 0.15) is 40.5 Å². The molecule has 3 unspecified atom stereocenters. The molecule has 0 amide bonds. The van der Waals surface area contributed by atoms with E-state index in [1.807, 2.05) is 13.8 Å². The van der Waals surface area contributed by atoms with Crippen molar-refractivity contribution in [2.45, 2.75) is 52.7 Å². The lowest BCUT2D eigenvalue weighted by Gasteiger charge is -2.15. The van der Waals surface area contributed by atoms with Gasteiger partial charge in [-0.25, -0.2) is 0 Å². The first kappa shape index (κ1) is 17.8. The number of ether oxygens (including phenoxy) is 3. The minimum absolute atomic E-state index is 0.0839. The summed E-state index contributed by atoms with van der Waals surface area (Å²) in [5.41, 5.74) is 5.59. The van der Waals surface area contributed by atoms with Gasteiger partial charge in [0, 0.05) is 12.6 Å². The maximum atomic E-state index is 5.59. The predicted molar refractivity (Wildman–Crippen MR) is 74.8 cm³/mol. The first-order chi connectivity index (χ1) is 8.56. The van der Waals surface area contributed by atoms with Gasteiger partial charge in [-0.1, -0.05) is 20.3 Å². The summed E-state index contributed by atoms with van der Waals surface area (Å²) in [6.45, 7) is 11.6. The lowest BCUT2D eigenvalue weighted by Crippen LogP contribution is -2.26. The van der Waals surface area contributed by atoms with E-state index < -0.39 is 0 Å². The monoisotopic (exact) mass is 261 g/mol. The Labute approximate surface area is 112 Å². The van der Waals surface area contributed by atoms with Crippen molar-refractivity contribution < 1.29 is 14.2 Å². The molecule has 110 valence electrons. The van der Waals surface area contributed by atoms with E-state index in [0.29, 0.717) is 32.3 Å². The van der Waals surface area contributed by atoms with Gasteiger partial charge in [0.2, 0.25) is 0 Å². The van der Waals surface area contributed by atoms with Crippen LogP contribution in [0.2, 0.25) is 0 Å². The molecule has 2 N–H and O–H groups in total. The van der Waals surface area contributed by atoms with Crippen LogP contribution >= 0.6 is 0 Å². The molecule has 0 rings (SSSR count). The fraction of sp³-hybridized carbons (Fsp3) is 1.00. The Morgan fingerprint density at radius 3 is 2.28 bits per heavy atom. The second kappa shape index (κ2) is 11.9. The fourth-order valence-corrected chi connectivity index (χ4v) is 1.64. The third-order valence-corrected chi connectivity index (χ3v) is 2.55. The van der Waals surface area contributed by atoms with Crippen molar-refractivity contribution in [1.82, 2.24) is 0 Å². The summed E-state index contributed by atoms with van der Waals surface area (Å²) in [5, 5.41) is 0. The number of hydrogen-bond acceptors (Lipinski definition) is 4. The van der Waals surface area contributed by atoms with Crippen LogP contribution in [0.15, 0.2) is 0 Å². The van der Waals surface area contributed by atoms with Crippen LogP contribution in [0, 0.1) is 5.92 Å². The van der Waals surface area contributed by atoms with Crippen LogP contribution in [-0.2, 0) is 14.2 Å². The lowest BCUT2D eigenvalue weighted by atomic mass is 10.1. The third kappa shape index (κ3) is 12.3. The van der Waals surface area contributed by atoms with Gasteiger partial charge in [-0.05, 0) is 26.2 Å². The average molecular weight is 261 g/mol. The van der Waals surface area contributed by atoms with E-state index in [0.717, 1.165) is 6.61 Å². The zero-order valence-electron chi connectivity index (χ0n) is 12.5. The number of hydrogen-bond donors (Lipinski definition) is 1. The largest absolute Gasteiger partial charge is 0.379 e. The summed E-state index contributed by atoms with van der Waals surface area (Å²) in [6, 6.07) is 0.0839. The van der Waals surface area contributed by atoms with E-state index in [1.54, 1.807) is 0 Å². The van der Waals surface area contributed by atoms with Gasteiger partial charge < -0.3 is 19.9 Å². The molecule has 18 heavy (non-hydrogen) atoms. The topological polar surface area (TPSA) is 53.7 Å². The molecule has 0 aliphatic heterocycles. The molecule has 0 aliphatic carbocycles. The molecule has 0 spiro atoms. The minimum Gasteiger partial charge on any atom is -0.379 e. The second-order valence-electron chi connectivity index (χ2n) is 5.16. The summed E-state index contributed by atoms with van der Waals surface area (Å²) >= 11 is 0. The van der Waals surface area contributed by atoms with Crippen molar-refractivity contribution in [1.29, 1.82) is 0 Å². The van der Waals surface area contributed by atoms with Crippen LogP contribution in [0.3, 0.4) is 0 Å². The van der Waals surface area contributed by atoms with Crippen LogP contribution < -0.4 is 5.73 Å². The average Bonchev–Trinajstić information content (AvgIpc) is 2.28. The Morgan fingerprint density at radius 2 is 1.67 bits per heavy atom. The molecule has 0 aromatic carbocycles. The Bertz CT molecular complexity index is 176. The van der Waals surface area contributed by atoms with E-state index in [1.165, 1.54) is 12.8 Å². The lowest BCUT2D eigenvalue weighted by molar-refractivity contribution is -0.0344. The molecule has 0 saturated carbocycles. The first-order valence-corrected chi connectivity index (χ1v) is 7.08. The number of nitrogens with two attached hydrogens (primary N) is 1. The van der Waals surface area contributed by atoms with Gasteiger partial charge in [0.25, 0.3) is 0 Å². The Morgan fingerprint density at radius 1 is 0.944 bits per heavy atom. The van der Waals surface area contributed by atoms with Crippen LogP contribution in [-0.4, -0.2) is 45.2 Å². The number of rotatable bonds is 12. The molecule has 0 heterocycles. The van der Waals surface area contributed by atoms with E-state index in [-0.39, 0.29) is 12.1 Å². The van der Waals surface area contributed by atoms with Crippen molar-refractivity contribution in [2.24, 2.45) is 11.7 Å². The first-order valence-electron chi connectivity index (χ1n) is 7.08. The molecule has 0 aromatic heterocycles. The van der Waals surface area contributed by atoms with Crippen molar-refractivity contribution in [3.8, 4) is 0 Å². The molecular formula is C14H31NO3. The molecule has 0 aliphatic rings. The molecule has 4 heteroatoms. The molecule has 0 radical (unpaired) electrons. The van der Waals surface area contributed by atoms with Crippen LogP contribution in [0.5, 0.6) is 0 Å². The highest BCUT2D eigenvalue weighted by atomic mass is 16.5. The Hall–Kier alpha value is -0.160. The van der Waals surface area contributed by atoms with E-state index >= 15 is 0 Å². The maximum Gasteiger partial charge on any atom is 0.0781 e. The summed E-state index contributed by atoms with van der Waals surface area (Å²) in [7, 11) is 0. The Kier molecular flexibility index (Phi) is 11.8. The summed E-state index contributed by atoms with van der Waals surface area (Å²) in [4.78, 5) is 0. The van der Waals surface area contributed by atoms with E-state index in [2.05, 4.69) is 13.8 Å². The predicted octanol–water partition coefficient (Wildman–Crippen LogP) is 2.21. The quantitative estimate of drug-likeness (QED) is 0.547. The van der Waals surface area contributed by atoms with Crippen LogP contribution in [0.25, 0.3) is 0 Å². The van der Waals surface area contributed by atoms with E-state index in [4.69, 9.17) is 19.9 Å². The highest BCUT2D eigenvalue weighted by molar-refractivity contribution is 4.53. The molecule has 4 nitrogen and oxygen atoms in total. The van der Waals surface area contributed by atoms with Crippen molar-refractivity contribution in [2.75, 3.05) is 33.0 Å². The van der Waals surface area contributed by atoms with Crippen molar-refractivity contribution in [3.63, 3.8) is 0 Å². The maximum absolute atomic E-state index is 5.59. The summed E-state index contributed by atoms with van der Waals surface area (Å²) < 4.78 is 16.5. The highest BCUT2D eigenvalue weighted by Gasteiger charge is 2.04. The summed E-state index contributed by atoms with van der Waals surface area (Å²) in [5.74, 6) is 0.641. The van der Waals surface area contributed by atoms with Gasteiger partial charge in [0.1, 0.15) is 0 Å². The second-order valence-corrected chi connectivity index (χ2v) is 5.16. The molecule has 0 fully saturated rings. The zero-order valence-corrected chi connectivity index (χ0v) is 12.5. The van der Waals surface area contributed by atoms with Gasteiger partial charge in [-0.2, -0.15) is 0 Å². The molecule has 3 atom stereocenters. The molecule has 0 aromatic rings. The molecular weight excluding hydrogens is 230 g/mol. The van der Waals surface area contributed by atoms with Gasteiger partial charge in [-0.3, -0.25) is 0 Å². The van der Waals surface area contributed by atoms with Crippen molar-refractivity contribution >= 4 is 0 Å². The fourth-order valence-electron chi connectivity index (χ4n) is 1.64. The van der Waals surface area contributed by atoms with Gasteiger partial charge in [0.05, 0.1) is 32.5 Å². The van der Waals surface area contributed by atoms with Crippen molar-refractivity contribution in [3.05, 3.63) is 0 Å². The zero-order chi connectivity index (χ0) is 13.8. The van der Waals surface area contributed by atoms with E-state index in [9.17, 15) is 0 Å². The normalized spacial score (nSPS) is 16.5. The summed E-state index contributed by atoms with van der Waals surface area (Å²) in [6.07, 6.45) is 2.54.